The van der Waals surface area contributed by atoms with E-state index in [1.54, 1.807) is 6.20 Å². The van der Waals surface area contributed by atoms with Crippen molar-refractivity contribution in [2.24, 2.45) is 0 Å². The number of aromatic nitrogens is 1. The molecule has 1 aliphatic heterocycles. The van der Waals surface area contributed by atoms with Crippen LogP contribution < -0.4 is 5.32 Å². The lowest BCUT2D eigenvalue weighted by Crippen LogP contribution is -2.40. The number of rotatable bonds is 2. The molecule has 0 saturated carbocycles. The molecule has 1 fully saturated rings. The van der Waals surface area contributed by atoms with Crippen molar-refractivity contribution >= 4 is 5.69 Å². The van der Waals surface area contributed by atoms with Crippen LogP contribution in [0.5, 0.6) is 0 Å². The first-order valence-corrected chi connectivity index (χ1v) is 5.86. The van der Waals surface area contributed by atoms with E-state index in [9.17, 15) is 0 Å². The van der Waals surface area contributed by atoms with Gasteiger partial charge in [0.25, 0.3) is 0 Å². The Morgan fingerprint density at radius 2 is 2.41 bits per heavy atom. The van der Waals surface area contributed by atoms with Crippen LogP contribution in [0.25, 0.3) is 0 Å². The first-order chi connectivity index (χ1) is 8.11. The molecule has 1 aromatic heterocycles. The number of anilines is 1. The van der Waals surface area contributed by atoms with E-state index >= 15 is 0 Å². The fraction of sp³-hybridized carbons (Fsp3) is 0.538. The molecule has 1 N–H and O–H groups in total. The molecule has 1 unspecified atom stereocenters. The second kappa shape index (κ2) is 4.72. The Bertz CT molecular complexity index is 437. The lowest BCUT2D eigenvalue weighted by molar-refractivity contribution is -0.0553. The number of ether oxygens (including phenoxy) is 1. The van der Waals surface area contributed by atoms with Crippen LogP contribution in [0.1, 0.15) is 32.4 Å². The van der Waals surface area contributed by atoms with E-state index in [0.717, 1.165) is 25.1 Å². The van der Waals surface area contributed by atoms with Crippen LogP contribution in [0, 0.1) is 11.3 Å². The summed E-state index contributed by atoms with van der Waals surface area (Å²) in [4.78, 5) is 4.04. The standard InChI is InChI=1S/C13H17N3O/c1-13(2)8-10(5-7-17-13)16-11-4-3-6-15-12(11)9-14/h3-4,6,10,16H,5,7-8H2,1-2H3. The van der Waals surface area contributed by atoms with E-state index in [-0.39, 0.29) is 5.60 Å². The molecule has 1 atom stereocenters. The van der Waals surface area contributed by atoms with Gasteiger partial charge in [-0.2, -0.15) is 5.26 Å². The molecule has 0 aliphatic carbocycles. The first kappa shape index (κ1) is 11.9. The van der Waals surface area contributed by atoms with Crippen LogP contribution in [-0.4, -0.2) is 23.2 Å². The molecule has 1 saturated heterocycles. The average Bonchev–Trinajstić information content (AvgIpc) is 2.28. The Kier molecular flexibility index (Phi) is 3.30. The molecule has 17 heavy (non-hydrogen) atoms. The molecule has 0 amide bonds. The fourth-order valence-corrected chi connectivity index (χ4v) is 2.19. The van der Waals surface area contributed by atoms with Gasteiger partial charge < -0.3 is 10.1 Å². The van der Waals surface area contributed by atoms with Gasteiger partial charge in [0.15, 0.2) is 5.69 Å². The summed E-state index contributed by atoms with van der Waals surface area (Å²) in [5.41, 5.74) is 1.18. The van der Waals surface area contributed by atoms with Crippen LogP contribution >= 0.6 is 0 Å². The van der Waals surface area contributed by atoms with Crippen molar-refractivity contribution in [3.05, 3.63) is 24.0 Å². The highest BCUT2D eigenvalue weighted by Gasteiger charge is 2.29. The van der Waals surface area contributed by atoms with E-state index in [4.69, 9.17) is 10.00 Å². The summed E-state index contributed by atoms with van der Waals surface area (Å²) in [5, 5.41) is 12.4. The maximum absolute atomic E-state index is 8.97. The van der Waals surface area contributed by atoms with Gasteiger partial charge in [0.1, 0.15) is 6.07 Å². The maximum atomic E-state index is 8.97. The molecule has 1 aliphatic rings. The van der Waals surface area contributed by atoms with Gasteiger partial charge in [-0.3, -0.25) is 0 Å². The molecule has 0 bridgehead atoms. The summed E-state index contributed by atoms with van der Waals surface area (Å²) in [7, 11) is 0. The first-order valence-electron chi connectivity index (χ1n) is 5.86. The van der Waals surface area contributed by atoms with Gasteiger partial charge in [-0.25, -0.2) is 4.98 Å². The molecule has 0 radical (unpaired) electrons. The zero-order valence-electron chi connectivity index (χ0n) is 10.2. The van der Waals surface area contributed by atoms with Crippen molar-refractivity contribution in [1.82, 2.24) is 4.98 Å². The topological polar surface area (TPSA) is 57.9 Å². The quantitative estimate of drug-likeness (QED) is 0.848. The number of nitriles is 1. The van der Waals surface area contributed by atoms with Crippen molar-refractivity contribution < 1.29 is 4.74 Å². The summed E-state index contributed by atoms with van der Waals surface area (Å²) >= 11 is 0. The lowest BCUT2D eigenvalue weighted by Gasteiger charge is -2.36. The van der Waals surface area contributed by atoms with Crippen molar-refractivity contribution in [3.8, 4) is 6.07 Å². The zero-order valence-corrected chi connectivity index (χ0v) is 10.2. The summed E-state index contributed by atoms with van der Waals surface area (Å²) in [6.07, 6.45) is 3.54. The highest BCUT2D eigenvalue weighted by molar-refractivity contribution is 5.53. The molecule has 2 rings (SSSR count). The van der Waals surface area contributed by atoms with Gasteiger partial charge in [0.2, 0.25) is 0 Å². The minimum absolute atomic E-state index is 0.0923. The fourth-order valence-electron chi connectivity index (χ4n) is 2.19. The number of hydrogen-bond donors (Lipinski definition) is 1. The number of pyridine rings is 1. The predicted octanol–water partition coefficient (Wildman–Crippen LogP) is 2.32. The SMILES string of the molecule is CC1(C)CC(Nc2cccnc2C#N)CCO1. The molecule has 90 valence electrons. The smallest absolute Gasteiger partial charge is 0.163 e. The van der Waals surface area contributed by atoms with Crippen molar-refractivity contribution in [2.75, 3.05) is 11.9 Å². The normalized spacial score (nSPS) is 22.8. The van der Waals surface area contributed by atoms with Gasteiger partial charge >= 0.3 is 0 Å². The third kappa shape index (κ3) is 2.95. The van der Waals surface area contributed by atoms with Crippen molar-refractivity contribution in [2.45, 2.75) is 38.3 Å². The minimum Gasteiger partial charge on any atom is -0.380 e. The third-order valence-corrected chi connectivity index (χ3v) is 2.97. The summed E-state index contributed by atoms with van der Waals surface area (Å²) in [6.45, 7) is 4.94. The lowest BCUT2D eigenvalue weighted by atomic mass is 9.94. The van der Waals surface area contributed by atoms with E-state index in [0.29, 0.717) is 11.7 Å². The Hall–Kier alpha value is -1.60. The average molecular weight is 231 g/mol. The summed E-state index contributed by atoms with van der Waals surface area (Å²) in [6, 6.07) is 6.18. The molecule has 0 aromatic carbocycles. The van der Waals surface area contributed by atoms with Gasteiger partial charge in [-0.1, -0.05) is 0 Å². The molecular formula is C13H17N3O. The van der Waals surface area contributed by atoms with Gasteiger partial charge in [0, 0.05) is 18.8 Å². The Balaban J connectivity index is 2.08. The molecule has 2 heterocycles. The zero-order chi connectivity index (χ0) is 12.3. The number of hydrogen-bond acceptors (Lipinski definition) is 4. The Labute approximate surface area is 102 Å². The van der Waals surface area contributed by atoms with Gasteiger partial charge in [-0.05, 0) is 38.8 Å². The molecule has 1 aromatic rings. The number of nitrogens with zero attached hydrogens (tertiary/aromatic N) is 2. The second-order valence-electron chi connectivity index (χ2n) is 4.95. The Morgan fingerprint density at radius 1 is 1.59 bits per heavy atom. The van der Waals surface area contributed by atoms with E-state index in [1.807, 2.05) is 12.1 Å². The molecule has 4 nitrogen and oxygen atoms in total. The largest absolute Gasteiger partial charge is 0.380 e. The van der Waals surface area contributed by atoms with E-state index < -0.39 is 0 Å². The number of nitrogens with one attached hydrogen (secondary N) is 1. The van der Waals surface area contributed by atoms with Crippen molar-refractivity contribution in [1.29, 1.82) is 5.26 Å². The van der Waals surface area contributed by atoms with Crippen LogP contribution in [0.2, 0.25) is 0 Å². The highest BCUT2D eigenvalue weighted by atomic mass is 16.5. The second-order valence-corrected chi connectivity index (χ2v) is 4.95. The monoisotopic (exact) mass is 231 g/mol. The highest BCUT2D eigenvalue weighted by Crippen LogP contribution is 2.26. The van der Waals surface area contributed by atoms with Crippen LogP contribution in [0.4, 0.5) is 5.69 Å². The van der Waals surface area contributed by atoms with Crippen LogP contribution in [0.15, 0.2) is 18.3 Å². The summed E-state index contributed by atoms with van der Waals surface area (Å²) in [5.74, 6) is 0. The van der Waals surface area contributed by atoms with Gasteiger partial charge in [0.05, 0.1) is 11.3 Å². The molecular weight excluding hydrogens is 214 g/mol. The third-order valence-electron chi connectivity index (χ3n) is 2.97. The Morgan fingerprint density at radius 3 is 3.12 bits per heavy atom. The predicted molar refractivity (Wildman–Crippen MR) is 65.6 cm³/mol. The van der Waals surface area contributed by atoms with E-state index in [2.05, 4.69) is 30.2 Å². The van der Waals surface area contributed by atoms with Crippen LogP contribution in [-0.2, 0) is 4.74 Å². The van der Waals surface area contributed by atoms with E-state index in [1.165, 1.54) is 0 Å². The minimum atomic E-state index is -0.0923. The molecule has 4 heteroatoms. The summed E-state index contributed by atoms with van der Waals surface area (Å²) < 4.78 is 5.67. The van der Waals surface area contributed by atoms with Gasteiger partial charge in [-0.15, -0.1) is 0 Å². The molecule has 0 spiro atoms. The van der Waals surface area contributed by atoms with Crippen molar-refractivity contribution in [3.63, 3.8) is 0 Å². The maximum Gasteiger partial charge on any atom is 0.163 e. The van der Waals surface area contributed by atoms with Crippen LogP contribution in [0.3, 0.4) is 0 Å².